The molecule has 0 aromatic carbocycles. The van der Waals surface area contributed by atoms with Gasteiger partial charge in [0.1, 0.15) is 0 Å². The summed E-state index contributed by atoms with van der Waals surface area (Å²) >= 11 is 0. The third-order valence-electron chi connectivity index (χ3n) is 0.231. The molecule has 0 atom stereocenters. The zero-order valence-electron chi connectivity index (χ0n) is 4.25. The summed E-state index contributed by atoms with van der Waals surface area (Å²) < 4.78 is 3.53. The molecule has 8 heavy (non-hydrogen) atoms. The van der Waals surface area contributed by atoms with Gasteiger partial charge in [-0.1, -0.05) is 0 Å². The molecule has 1 radical (unpaired) electrons. The second-order valence-electron chi connectivity index (χ2n) is 0.860. The maximum atomic E-state index is 9.65. The first-order valence-electron chi connectivity index (χ1n) is 1.54. The topological polar surface area (TPSA) is 63.6 Å². The Balaban J connectivity index is 0. The summed E-state index contributed by atoms with van der Waals surface area (Å²) in [6.45, 7) is 1.02. The van der Waals surface area contributed by atoms with Gasteiger partial charge in [-0.15, -0.1) is 0 Å². The van der Waals surface area contributed by atoms with Crippen LogP contribution in [0.4, 0.5) is 4.79 Å². The number of hydrogen-bond donors (Lipinski definition) is 1. The normalized spacial score (nSPS) is 6.62. The van der Waals surface area contributed by atoms with E-state index in [1.165, 1.54) is 0 Å². The van der Waals surface area contributed by atoms with E-state index < -0.39 is 12.1 Å². The largest absolute Gasteiger partial charge is 0.513 e. The number of carbonyl (C=O) groups is 2. The quantitative estimate of drug-likeness (QED) is 0.441. The summed E-state index contributed by atoms with van der Waals surface area (Å²) in [4.78, 5) is 19.0. The van der Waals surface area contributed by atoms with Crippen molar-refractivity contribution in [3.63, 3.8) is 0 Å². The summed E-state index contributed by atoms with van der Waals surface area (Å²) in [6.07, 6.45) is -1.56. The molecule has 0 amide bonds. The van der Waals surface area contributed by atoms with Crippen molar-refractivity contribution in [3.8, 4) is 0 Å². The number of esters is 1. The molecule has 0 saturated carbocycles. The van der Waals surface area contributed by atoms with E-state index in [4.69, 9.17) is 5.11 Å². The molecule has 0 spiro atoms. The molecule has 0 aromatic rings. The van der Waals surface area contributed by atoms with Gasteiger partial charge in [-0.3, -0.25) is 4.79 Å². The summed E-state index contributed by atoms with van der Waals surface area (Å²) in [5.41, 5.74) is 0. The molecule has 0 aromatic heterocycles. The van der Waals surface area contributed by atoms with E-state index in [2.05, 4.69) is 4.74 Å². The Morgan fingerprint density at radius 2 is 1.88 bits per heavy atom. The minimum Gasteiger partial charge on any atom is -0.449 e. The molecule has 5 heteroatoms. The van der Waals surface area contributed by atoms with Crippen molar-refractivity contribution < 1.29 is 52.1 Å². The fourth-order valence-corrected chi connectivity index (χ4v) is 0.123. The Kier molecular flexibility index (Phi) is 7.08. The van der Waals surface area contributed by atoms with E-state index in [-0.39, 0.29) is 32.7 Å². The van der Waals surface area contributed by atoms with Crippen molar-refractivity contribution in [2.45, 2.75) is 6.92 Å². The van der Waals surface area contributed by atoms with Gasteiger partial charge in [0, 0.05) is 39.6 Å². The van der Waals surface area contributed by atoms with Gasteiger partial charge in [-0.25, -0.2) is 4.79 Å². The predicted molar refractivity (Wildman–Crippen MR) is 19.8 cm³/mol. The Morgan fingerprint density at radius 1 is 1.50 bits per heavy atom. The maximum Gasteiger partial charge on any atom is 0.513 e. The molecular formula is C3H4O4Y. The summed E-state index contributed by atoms with van der Waals surface area (Å²) in [5.74, 6) is -0.812. The van der Waals surface area contributed by atoms with Crippen molar-refractivity contribution in [2.24, 2.45) is 0 Å². The van der Waals surface area contributed by atoms with Crippen LogP contribution in [0.15, 0.2) is 0 Å². The van der Waals surface area contributed by atoms with Gasteiger partial charge in [-0.2, -0.15) is 0 Å². The SMILES string of the molecule is CC(=O)OC(=O)O.[Y]. The molecule has 4 nitrogen and oxygen atoms in total. The van der Waals surface area contributed by atoms with Crippen LogP contribution < -0.4 is 0 Å². The van der Waals surface area contributed by atoms with Gasteiger partial charge in [0.2, 0.25) is 0 Å². The van der Waals surface area contributed by atoms with Crippen LogP contribution in [0.1, 0.15) is 6.92 Å². The molecule has 0 heterocycles. The standard InChI is InChI=1S/C3H4O4.Y/c1-2(4)7-3(5)6;/h1H3,(H,5,6);. The molecule has 0 fully saturated rings. The fraction of sp³-hybridized carbons (Fsp3) is 0.333. The molecule has 0 saturated heterocycles. The van der Waals surface area contributed by atoms with E-state index in [0.717, 1.165) is 6.92 Å². The minimum atomic E-state index is -1.56. The summed E-state index contributed by atoms with van der Waals surface area (Å²) in [5, 5.41) is 7.64. The average Bonchev–Trinajstić information content (AvgIpc) is 1.27. The summed E-state index contributed by atoms with van der Waals surface area (Å²) in [7, 11) is 0. The van der Waals surface area contributed by atoms with Crippen LogP contribution in [0.5, 0.6) is 0 Å². The molecule has 1 N–H and O–H groups in total. The van der Waals surface area contributed by atoms with Crippen LogP contribution in [0.25, 0.3) is 0 Å². The third-order valence-corrected chi connectivity index (χ3v) is 0.231. The molecule has 0 unspecified atom stereocenters. The smallest absolute Gasteiger partial charge is 0.449 e. The van der Waals surface area contributed by atoms with E-state index >= 15 is 0 Å². The number of rotatable bonds is 0. The van der Waals surface area contributed by atoms with Crippen LogP contribution in [0, 0.1) is 0 Å². The zero-order valence-corrected chi connectivity index (χ0v) is 7.09. The van der Waals surface area contributed by atoms with Crippen molar-refractivity contribution in [1.29, 1.82) is 0 Å². The monoisotopic (exact) mass is 193 g/mol. The second-order valence-corrected chi connectivity index (χ2v) is 0.860. The van der Waals surface area contributed by atoms with E-state index in [9.17, 15) is 9.59 Å². The second kappa shape index (κ2) is 5.19. The van der Waals surface area contributed by atoms with Crippen molar-refractivity contribution >= 4 is 12.1 Å². The summed E-state index contributed by atoms with van der Waals surface area (Å²) in [6, 6.07) is 0. The Bertz CT molecular complexity index is 87.5. The molecule has 0 rings (SSSR count). The fourth-order valence-electron chi connectivity index (χ4n) is 0.123. The number of carboxylic acid groups (broad SMARTS) is 1. The van der Waals surface area contributed by atoms with Crippen LogP contribution in [-0.2, 0) is 42.2 Å². The first kappa shape index (κ1) is 10.9. The van der Waals surface area contributed by atoms with E-state index in [0.29, 0.717) is 0 Å². The van der Waals surface area contributed by atoms with Gasteiger partial charge < -0.3 is 9.84 Å². The number of hydrogen-bond acceptors (Lipinski definition) is 3. The van der Waals surface area contributed by atoms with Crippen LogP contribution in [0.2, 0.25) is 0 Å². The van der Waals surface area contributed by atoms with Gasteiger partial charge in [0.05, 0.1) is 0 Å². The van der Waals surface area contributed by atoms with Crippen molar-refractivity contribution in [1.82, 2.24) is 0 Å². The van der Waals surface area contributed by atoms with Gasteiger partial charge in [0.15, 0.2) is 0 Å². The first-order valence-corrected chi connectivity index (χ1v) is 1.54. The van der Waals surface area contributed by atoms with Crippen LogP contribution >= 0.6 is 0 Å². The van der Waals surface area contributed by atoms with Crippen molar-refractivity contribution in [2.75, 3.05) is 0 Å². The predicted octanol–water partition coefficient (Wildman–Crippen LogP) is 0.225. The molecular weight excluding hydrogens is 189 g/mol. The molecule has 0 aliphatic carbocycles. The van der Waals surface area contributed by atoms with Crippen LogP contribution in [0.3, 0.4) is 0 Å². The zero-order chi connectivity index (χ0) is 5.86. The van der Waals surface area contributed by atoms with Crippen molar-refractivity contribution in [3.05, 3.63) is 0 Å². The number of ether oxygens (including phenoxy) is 1. The Hall–Kier alpha value is 0.0439. The van der Waals surface area contributed by atoms with E-state index in [1.807, 2.05) is 0 Å². The third kappa shape index (κ3) is 9.40. The minimum absolute atomic E-state index is 0. The van der Waals surface area contributed by atoms with Gasteiger partial charge >= 0.3 is 12.1 Å². The average molecular weight is 193 g/mol. The van der Waals surface area contributed by atoms with Gasteiger partial charge in [0.25, 0.3) is 0 Å². The molecule has 0 bridgehead atoms. The van der Waals surface area contributed by atoms with Gasteiger partial charge in [-0.05, 0) is 0 Å². The maximum absolute atomic E-state index is 9.65. The molecule has 0 aliphatic heterocycles. The first-order chi connectivity index (χ1) is 3.13. The molecule has 43 valence electrons. The van der Waals surface area contributed by atoms with Crippen LogP contribution in [-0.4, -0.2) is 17.2 Å². The van der Waals surface area contributed by atoms with E-state index in [1.54, 1.807) is 0 Å². The number of carbonyl (C=O) groups excluding carboxylic acids is 1. The Morgan fingerprint density at radius 3 is 1.88 bits per heavy atom. The molecule has 0 aliphatic rings. The Labute approximate surface area is 71.1 Å².